The fourth-order valence-electron chi connectivity index (χ4n) is 2.59. The van der Waals surface area contributed by atoms with Crippen LogP contribution in [-0.4, -0.2) is 20.7 Å². The van der Waals surface area contributed by atoms with Crippen LogP contribution in [0.4, 0.5) is 0 Å². The molecule has 0 aromatic heterocycles. The van der Waals surface area contributed by atoms with E-state index in [1.54, 1.807) is 0 Å². The number of benzene rings is 1. The van der Waals surface area contributed by atoms with Crippen molar-refractivity contribution in [2.24, 2.45) is 5.14 Å². The topological polar surface area (TPSA) is 72.2 Å². The van der Waals surface area contributed by atoms with Gasteiger partial charge >= 0.3 is 0 Å². The minimum Gasteiger partial charge on any atom is -0.309 e. The first-order valence-electron chi connectivity index (χ1n) is 6.30. The van der Waals surface area contributed by atoms with Gasteiger partial charge in [0.25, 0.3) is 0 Å². The Kier molecular flexibility index (Phi) is 4.04. The fourth-order valence-corrected chi connectivity index (χ4v) is 2.99. The number of nitrogens with two attached hydrogens (primary N) is 1. The molecule has 3 N–H and O–H groups in total. The Balaban J connectivity index is 2.05. The Labute approximate surface area is 109 Å². The zero-order valence-corrected chi connectivity index (χ0v) is 11.4. The van der Waals surface area contributed by atoms with E-state index in [1.807, 2.05) is 6.07 Å². The van der Waals surface area contributed by atoms with Gasteiger partial charge in [-0.2, -0.15) is 0 Å². The Morgan fingerprint density at radius 3 is 2.61 bits per heavy atom. The predicted molar refractivity (Wildman–Crippen MR) is 72.8 cm³/mol. The summed E-state index contributed by atoms with van der Waals surface area (Å²) >= 11 is 0. The van der Waals surface area contributed by atoms with Crippen LogP contribution in [0.3, 0.4) is 0 Å². The molecule has 2 rings (SSSR count). The number of primary sulfonamides is 1. The second-order valence-corrected chi connectivity index (χ2v) is 6.71. The summed E-state index contributed by atoms with van der Waals surface area (Å²) in [5.74, 6) is 0.568. The van der Waals surface area contributed by atoms with Gasteiger partial charge in [-0.1, -0.05) is 31.2 Å². The summed E-state index contributed by atoms with van der Waals surface area (Å²) in [6, 6.07) is 8.62. The third-order valence-corrected chi connectivity index (χ3v) is 4.34. The highest BCUT2D eigenvalue weighted by molar-refractivity contribution is 7.89. The second-order valence-electron chi connectivity index (χ2n) is 4.98. The number of sulfonamides is 1. The Morgan fingerprint density at radius 2 is 1.94 bits per heavy atom. The van der Waals surface area contributed by atoms with Gasteiger partial charge in [-0.05, 0) is 29.9 Å². The first-order valence-corrected chi connectivity index (χ1v) is 8.01. The predicted octanol–water partition coefficient (Wildman–Crippen LogP) is 1.50. The molecule has 2 atom stereocenters. The lowest BCUT2D eigenvalue weighted by Crippen LogP contribution is -2.32. The van der Waals surface area contributed by atoms with Crippen LogP contribution in [0.2, 0.25) is 0 Å². The summed E-state index contributed by atoms with van der Waals surface area (Å²) in [6.07, 6.45) is 2.17. The number of rotatable bonds is 4. The summed E-state index contributed by atoms with van der Waals surface area (Å²) in [7, 11) is -3.38. The lowest BCUT2D eigenvalue weighted by molar-refractivity contribution is 0.441. The van der Waals surface area contributed by atoms with E-state index in [4.69, 9.17) is 5.14 Å². The highest BCUT2D eigenvalue weighted by Gasteiger charge is 2.23. The van der Waals surface area contributed by atoms with Crippen LogP contribution in [0.1, 0.15) is 42.9 Å². The number of nitrogens with one attached hydrogen (secondary N) is 1. The van der Waals surface area contributed by atoms with Crippen molar-refractivity contribution in [2.45, 2.75) is 31.7 Å². The van der Waals surface area contributed by atoms with Gasteiger partial charge in [0, 0.05) is 12.6 Å². The molecule has 0 saturated heterocycles. The van der Waals surface area contributed by atoms with Crippen LogP contribution in [-0.2, 0) is 10.0 Å². The Bertz CT molecular complexity index is 513. The highest BCUT2D eigenvalue weighted by atomic mass is 32.2. The molecule has 0 heterocycles. The van der Waals surface area contributed by atoms with Gasteiger partial charge in [0.1, 0.15) is 0 Å². The summed E-state index contributed by atoms with van der Waals surface area (Å²) in [5, 5.41) is 8.30. The number of hydrogen-bond acceptors (Lipinski definition) is 3. The van der Waals surface area contributed by atoms with E-state index in [0.717, 1.165) is 12.8 Å². The van der Waals surface area contributed by atoms with Gasteiger partial charge in [-0.15, -0.1) is 0 Å². The van der Waals surface area contributed by atoms with E-state index in [1.165, 1.54) is 11.1 Å². The number of hydrogen-bond donors (Lipinski definition) is 2. The fraction of sp³-hybridized carbons (Fsp3) is 0.538. The molecule has 0 saturated carbocycles. The standard InChI is InChI=1S/C13H20N2O2S/c1-10-6-7-13(15-8-9-18(14,16)17)12-5-3-2-4-11(10)12/h2-5,10,13,15H,6-9H2,1H3,(H2,14,16,17). The Hall–Kier alpha value is -0.910. The molecule has 0 fully saturated rings. The first kappa shape index (κ1) is 13.5. The van der Waals surface area contributed by atoms with Crippen LogP contribution in [0.25, 0.3) is 0 Å². The van der Waals surface area contributed by atoms with Crippen LogP contribution in [0.15, 0.2) is 24.3 Å². The summed E-state index contributed by atoms with van der Waals surface area (Å²) in [5.41, 5.74) is 2.67. The van der Waals surface area contributed by atoms with Crippen molar-refractivity contribution in [1.82, 2.24) is 5.32 Å². The summed E-state index contributed by atoms with van der Waals surface area (Å²) in [6.45, 7) is 2.64. The van der Waals surface area contributed by atoms with Gasteiger partial charge in [0.05, 0.1) is 5.75 Å². The molecule has 1 aliphatic carbocycles. The van der Waals surface area contributed by atoms with Crippen molar-refractivity contribution in [2.75, 3.05) is 12.3 Å². The van der Waals surface area contributed by atoms with Crippen molar-refractivity contribution >= 4 is 10.0 Å². The van der Waals surface area contributed by atoms with Crippen LogP contribution in [0, 0.1) is 0 Å². The zero-order valence-electron chi connectivity index (χ0n) is 10.6. The largest absolute Gasteiger partial charge is 0.309 e. The molecule has 0 aliphatic heterocycles. The van der Waals surface area contributed by atoms with E-state index in [9.17, 15) is 8.42 Å². The maximum Gasteiger partial charge on any atom is 0.210 e. The minimum absolute atomic E-state index is 0.0127. The summed E-state index contributed by atoms with van der Waals surface area (Å²) in [4.78, 5) is 0. The molecule has 5 heteroatoms. The van der Waals surface area contributed by atoms with Gasteiger partial charge < -0.3 is 5.32 Å². The smallest absolute Gasteiger partial charge is 0.210 e. The minimum atomic E-state index is -3.38. The molecule has 0 amide bonds. The van der Waals surface area contributed by atoms with Crippen LogP contribution >= 0.6 is 0 Å². The molecule has 2 unspecified atom stereocenters. The van der Waals surface area contributed by atoms with Crippen LogP contribution in [0.5, 0.6) is 0 Å². The second kappa shape index (κ2) is 5.38. The monoisotopic (exact) mass is 268 g/mol. The lowest BCUT2D eigenvalue weighted by atomic mass is 9.81. The molecule has 1 aromatic rings. The third-order valence-electron chi connectivity index (χ3n) is 3.57. The molecular weight excluding hydrogens is 248 g/mol. The molecule has 0 spiro atoms. The van der Waals surface area contributed by atoms with E-state index >= 15 is 0 Å². The zero-order chi connectivity index (χ0) is 13.2. The van der Waals surface area contributed by atoms with Gasteiger partial charge in [0.2, 0.25) is 10.0 Å². The number of fused-ring (bicyclic) bond motifs is 1. The van der Waals surface area contributed by atoms with Crippen molar-refractivity contribution < 1.29 is 8.42 Å². The normalized spacial score (nSPS) is 23.7. The molecular formula is C13H20N2O2S. The molecule has 1 aliphatic rings. The van der Waals surface area contributed by atoms with E-state index < -0.39 is 10.0 Å². The van der Waals surface area contributed by atoms with E-state index in [-0.39, 0.29) is 11.8 Å². The van der Waals surface area contributed by atoms with E-state index in [0.29, 0.717) is 12.5 Å². The quantitative estimate of drug-likeness (QED) is 0.869. The van der Waals surface area contributed by atoms with Gasteiger partial charge in [0.15, 0.2) is 0 Å². The first-order chi connectivity index (χ1) is 8.47. The molecule has 0 radical (unpaired) electrons. The molecule has 1 aromatic carbocycles. The lowest BCUT2D eigenvalue weighted by Gasteiger charge is -2.30. The van der Waals surface area contributed by atoms with Crippen LogP contribution < -0.4 is 10.5 Å². The van der Waals surface area contributed by atoms with Crippen molar-refractivity contribution in [3.63, 3.8) is 0 Å². The van der Waals surface area contributed by atoms with Crippen molar-refractivity contribution in [1.29, 1.82) is 0 Å². The van der Waals surface area contributed by atoms with E-state index in [2.05, 4.69) is 30.4 Å². The molecule has 4 nitrogen and oxygen atoms in total. The average Bonchev–Trinajstić information content (AvgIpc) is 2.31. The Morgan fingerprint density at radius 1 is 1.28 bits per heavy atom. The SMILES string of the molecule is CC1CCC(NCCS(N)(=O)=O)c2ccccc21. The molecule has 100 valence electrons. The maximum atomic E-state index is 10.9. The third kappa shape index (κ3) is 3.31. The van der Waals surface area contributed by atoms with Gasteiger partial charge in [-0.25, -0.2) is 13.6 Å². The summed E-state index contributed by atoms with van der Waals surface area (Å²) < 4.78 is 21.8. The average molecular weight is 268 g/mol. The molecule has 18 heavy (non-hydrogen) atoms. The van der Waals surface area contributed by atoms with Gasteiger partial charge in [-0.3, -0.25) is 0 Å². The van der Waals surface area contributed by atoms with Crippen molar-refractivity contribution in [3.05, 3.63) is 35.4 Å². The highest BCUT2D eigenvalue weighted by Crippen LogP contribution is 2.36. The molecule has 0 bridgehead atoms. The van der Waals surface area contributed by atoms with Crippen molar-refractivity contribution in [3.8, 4) is 0 Å². The maximum absolute atomic E-state index is 10.9.